The number of hydrogen-bond donors (Lipinski definition) is 4. The number of aliphatic hydroxyl groups is 4. The van der Waals surface area contributed by atoms with Crippen LogP contribution in [0.5, 0.6) is 5.75 Å². The van der Waals surface area contributed by atoms with Gasteiger partial charge in [0, 0.05) is 11.0 Å². The molecule has 1 unspecified atom stereocenters. The number of ketones is 1. The zero-order valence-corrected chi connectivity index (χ0v) is 22.8. The Labute approximate surface area is 229 Å². The van der Waals surface area contributed by atoms with E-state index in [0.717, 1.165) is 28.0 Å². The normalized spacial score (nSPS) is 23.4. The van der Waals surface area contributed by atoms with Crippen LogP contribution in [-0.4, -0.2) is 64.3 Å². The van der Waals surface area contributed by atoms with Crippen molar-refractivity contribution in [3.8, 4) is 5.75 Å². The van der Waals surface area contributed by atoms with Gasteiger partial charge in [0.15, 0.2) is 5.78 Å². The van der Waals surface area contributed by atoms with Crippen molar-refractivity contribution in [2.75, 3.05) is 13.7 Å². The van der Waals surface area contributed by atoms with Gasteiger partial charge >= 0.3 is 0 Å². The Kier molecular flexibility index (Phi) is 8.89. The van der Waals surface area contributed by atoms with Gasteiger partial charge in [-0.05, 0) is 58.9 Å². The van der Waals surface area contributed by atoms with Gasteiger partial charge in [0.05, 0.1) is 13.7 Å². The third-order valence-corrected chi connectivity index (χ3v) is 7.13. The zero-order valence-electron chi connectivity index (χ0n) is 22.8. The molecule has 0 aromatic heterocycles. The first-order valence-electron chi connectivity index (χ1n) is 13.1. The van der Waals surface area contributed by atoms with Crippen LogP contribution < -0.4 is 4.74 Å². The molecule has 1 fully saturated rings. The number of aliphatic hydroxyl groups excluding tert-OH is 4. The summed E-state index contributed by atoms with van der Waals surface area (Å²) in [5.74, 6) is 0.550. The lowest BCUT2D eigenvalue weighted by Gasteiger charge is -2.41. The maximum atomic E-state index is 13.9. The van der Waals surface area contributed by atoms with Gasteiger partial charge in [-0.1, -0.05) is 69.3 Å². The molecule has 1 aliphatic heterocycles. The van der Waals surface area contributed by atoms with Crippen molar-refractivity contribution in [2.45, 2.75) is 64.1 Å². The van der Waals surface area contributed by atoms with Crippen LogP contribution in [0.1, 0.15) is 65.1 Å². The highest BCUT2D eigenvalue weighted by Gasteiger charge is 2.46. The fraction of sp³-hybridized carbons (Fsp3) is 0.406. The molecule has 7 heteroatoms. The molecule has 3 aromatic carbocycles. The van der Waals surface area contributed by atoms with Gasteiger partial charge in [-0.2, -0.15) is 0 Å². The van der Waals surface area contributed by atoms with E-state index >= 15 is 0 Å². The Morgan fingerprint density at radius 1 is 0.923 bits per heavy atom. The van der Waals surface area contributed by atoms with Gasteiger partial charge < -0.3 is 29.9 Å². The molecule has 39 heavy (non-hydrogen) atoms. The predicted octanol–water partition coefficient (Wildman–Crippen LogP) is 3.42. The number of hydrogen-bond acceptors (Lipinski definition) is 7. The summed E-state index contributed by atoms with van der Waals surface area (Å²) in [5.41, 5.74) is 3.42. The molecule has 3 aromatic rings. The standard InChI is InChI=1S/C32H37O7/c1-32(2,3)31(37)24-17-21(14-20-10-12-23(38-4)13-11-20)16-22(15-19-8-6-5-7-9-19)26(24)30-29(36)28(35)27(34)25(18-33)39-30/h5-13,16,25,27-30,33-36H,14-15,18H2,1-4H3/t25-,27+,28+,29-,30?/m1/s1. The number of Topliss-reactive ketones (excluding diaryl/α,β-unsaturated/α-hetero) is 1. The minimum Gasteiger partial charge on any atom is -0.497 e. The summed E-state index contributed by atoms with van der Waals surface area (Å²) in [4.78, 5) is 13.9. The van der Waals surface area contributed by atoms with Crippen LogP contribution in [0.25, 0.3) is 0 Å². The van der Waals surface area contributed by atoms with Crippen molar-refractivity contribution in [3.63, 3.8) is 0 Å². The number of methoxy groups -OCH3 is 1. The topological polar surface area (TPSA) is 116 Å². The summed E-state index contributed by atoms with van der Waals surface area (Å²) in [7, 11) is 1.61. The Hall–Kier alpha value is -3.07. The quantitative estimate of drug-likeness (QED) is 0.328. The van der Waals surface area contributed by atoms with Crippen LogP contribution in [0.4, 0.5) is 0 Å². The van der Waals surface area contributed by atoms with Crippen molar-refractivity contribution in [1.29, 1.82) is 0 Å². The second-order valence-electron chi connectivity index (χ2n) is 11.1. The third kappa shape index (κ3) is 6.40. The molecule has 0 amide bonds. The van der Waals surface area contributed by atoms with Crippen molar-refractivity contribution < 1.29 is 34.7 Å². The molecule has 4 N–H and O–H groups in total. The van der Waals surface area contributed by atoms with Crippen molar-refractivity contribution in [1.82, 2.24) is 0 Å². The van der Waals surface area contributed by atoms with Gasteiger partial charge in [-0.15, -0.1) is 0 Å². The average molecular weight is 534 g/mol. The zero-order chi connectivity index (χ0) is 28.3. The molecule has 1 saturated heterocycles. The van der Waals surface area contributed by atoms with Crippen molar-refractivity contribution in [2.24, 2.45) is 5.41 Å². The molecule has 1 radical (unpaired) electrons. The maximum Gasteiger partial charge on any atom is 0.169 e. The number of carbonyl (C=O) groups is 1. The van der Waals surface area contributed by atoms with Crippen LogP contribution in [0.15, 0.2) is 60.7 Å². The van der Waals surface area contributed by atoms with Crippen LogP contribution in [0, 0.1) is 11.5 Å². The van der Waals surface area contributed by atoms with E-state index in [0.29, 0.717) is 18.4 Å². The van der Waals surface area contributed by atoms with E-state index in [-0.39, 0.29) is 11.3 Å². The highest BCUT2D eigenvalue weighted by Crippen LogP contribution is 2.39. The highest BCUT2D eigenvalue weighted by atomic mass is 16.5. The average Bonchev–Trinajstić information content (AvgIpc) is 2.92. The fourth-order valence-corrected chi connectivity index (χ4v) is 4.95. The molecule has 0 spiro atoms. The second kappa shape index (κ2) is 12.0. The Morgan fingerprint density at radius 3 is 2.15 bits per heavy atom. The lowest BCUT2D eigenvalue weighted by Crippen LogP contribution is -2.55. The minimum atomic E-state index is -1.57. The van der Waals surface area contributed by atoms with Gasteiger partial charge in [-0.3, -0.25) is 4.79 Å². The molecular weight excluding hydrogens is 496 g/mol. The van der Waals surface area contributed by atoms with Crippen molar-refractivity contribution >= 4 is 5.78 Å². The molecule has 0 aliphatic carbocycles. The molecule has 5 atom stereocenters. The van der Waals surface area contributed by atoms with E-state index in [1.54, 1.807) is 7.11 Å². The molecule has 207 valence electrons. The van der Waals surface area contributed by atoms with E-state index in [4.69, 9.17) is 9.47 Å². The monoisotopic (exact) mass is 533 g/mol. The molecule has 1 heterocycles. The number of rotatable bonds is 8. The molecule has 4 rings (SSSR count). The Morgan fingerprint density at radius 2 is 1.56 bits per heavy atom. The van der Waals surface area contributed by atoms with Crippen LogP contribution in [0.3, 0.4) is 0 Å². The first-order valence-corrected chi connectivity index (χ1v) is 13.1. The molecule has 0 bridgehead atoms. The van der Waals surface area contributed by atoms with Crippen LogP contribution in [0.2, 0.25) is 0 Å². The van der Waals surface area contributed by atoms with Crippen LogP contribution in [-0.2, 0) is 17.6 Å². The maximum absolute atomic E-state index is 13.9. The number of benzene rings is 3. The van der Waals surface area contributed by atoms with Gasteiger partial charge in [-0.25, -0.2) is 0 Å². The van der Waals surface area contributed by atoms with E-state index in [9.17, 15) is 25.2 Å². The highest BCUT2D eigenvalue weighted by molar-refractivity contribution is 6.01. The summed E-state index contributed by atoms with van der Waals surface area (Å²) in [5, 5.41) is 41.9. The Bertz CT molecular complexity index is 1260. The Balaban J connectivity index is 1.90. The molecule has 0 saturated carbocycles. The summed E-state index contributed by atoms with van der Waals surface area (Å²) in [6.45, 7) is 4.88. The largest absolute Gasteiger partial charge is 0.497 e. The van der Waals surface area contributed by atoms with Gasteiger partial charge in [0.2, 0.25) is 0 Å². The van der Waals surface area contributed by atoms with Gasteiger partial charge in [0.25, 0.3) is 0 Å². The molecule has 7 nitrogen and oxygen atoms in total. The van der Waals surface area contributed by atoms with E-state index in [1.165, 1.54) is 0 Å². The lowest BCUT2D eigenvalue weighted by molar-refractivity contribution is -0.232. The summed E-state index contributed by atoms with van der Waals surface area (Å²) < 4.78 is 11.3. The molecular formula is C32H37O7. The van der Waals surface area contributed by atoms with Gasteiger partial charge in [0.1, 0.15) is 36.3 Å². The summed E-state index contributed by atoms with van der Waals surface area (Å²) >= 11 is 0. The first kappa shape index (κ1) is 28.9. The number of ether oxygens (including phenoxy) is 2. The van der Waals surface area contributed by atoms with E-state index in [1.807, 2.05) is 81.4 Å². The van der Waals surface area contributed by atoms with Crippen molar-refractivity contribution in [3.05, 3.63) is 100 Å². The predicted molar refractivity (Wildman–Crippen MR) is 147 cm³/mol. The summed E-state index contributed by atoms with van der Waals surface area (Å²) in [6.07, 6.45) is -5.92. The first-order chi connectivity index (χ1) is 18.5. The van der Waals surface area contributed by atoms with E-state index < -0.39 is 42.5 Å². The smallest absolute Gasteiger partial charge is 0.169 e. The third-order valence-electron chi connectivity index (χ3n) is 7.13. The second-order valence-corrected chi connectivity index (χ2v) is 11.1. The minimum absolute atomic E-state index is 0.194. The SMILES string of the molecule is COc1ccc(Cc2[c]c(C(=O)C(C)(C)C)c(C3O[C@H](CO)[C@H](O)[C@H](O)[C@H]3O)c(Cc3ccccc3)c2)cc1. The molecule has 1 aliphatic rings. The lowest BCUT2D eigenvalue weighted by atomic mass is 9.78. The number of carbonyl (C=O) groups excluding carboxylic acids is 1. The summed E-state index contributed by atoms with van der Waals surface area (Å²) in [6, 6.07) is 22.7. The van der Waals surface area contributed by atoms with E-state index in [2.05, 4.69) is 6.07 Å². The fourth-order valence-electron chi connectivity index (χ4n) is 4.95. The van der Waals surface area contributed by atoms with Crippen LogP contribution >= 0.6 is 0 Å².